The molecule has 0 saturated carbocycles. The van der Waals surface area contributed by atoms with Crippen LogP contribution in [-0.2, 0) is 0 Å². The van der Waals surface area contributed by atoms with Gasteiger partial charge in [0.1, 0.15) is 11.6 Å². The molecule has 1 aromatic heterocycles. The molecule has 4 heteroatoms. The smallest absolute Gasteiger partial charge is 0.144 e. The quantitative estimate of drug-likeness (QED) is 0.869. The maximum Gasteiger partial charge on any atom is 0.144 e. The molecule has 0 spiro atoms. The van der Waals surface area contributed by atoms with E-state index in [1.165, 1.54) is 0 Å². The van der Waals surface area contributed by atoms with Crippen molar-refractivity contribution in [2.75, 3.05) is 12.4 Å². The second kappa shape index (κ2) is 4.05. The molecule has 1 rings (SSSR count). The molecule has 0 amide bonds. The molecule has 3 nitrogen and oxygen atoms in total. The Kier molecular flexibility index (Phi) is 3.25. The summed E-state index contributed by atoms with van der Waals surface area (Å²) >= 11 is 3.49. The lowest BCUT2D eigenvalue weighted by Gasteiger charge is -2.11. The van der Waals surface area contributed by atoms with Crippen molar-refractivity contribution in [3.63, 3.8) is 0 Å². The van der Waals surface area contributed by atoms with Crippen LogP contribution in [0.3, 0.4) is 0 Å². The molecule has 0 aliphatic heterocycles. The predicted octanol–water partition coefficient (Wildman–Crippen LogP) is 2.71. The number of nitrogens with zero attached hydrogens (tertiary/aromatic N) is 2. The molecule has 0 aromatic carbocycles. The number of nitrogens with one attached hydrogen (secondary N) is 1. The largest absolute Gasteiger partial charge is 0.372 e. The van der Waals surface area contributed by atoms with Gasteiger partial charge in [0.25, 0.3) is 0 Å². The van der Waals surface area contributed by atoms with Crippen molar-refractivity contribution in [1.29, 1.82) is 0 Å². The summed E-state index contributed by atoms with van der Waals surface area (Å²) in [5, 5.41) is 3.03. The van der Waals surface area contributed by atoms with Gasteiger partial charge < -0.3 is 5.32 Å². The van der Waals surface area contributed by atoms with Crippen molar-refractivity contribution in [2.45, 2.75) is 26.7 Å². The fourth-order valence-electron chi connectivity index (χ4n) is 1.13. The summed E-state index contributed by atoms with van der Waals surface area (Å²) in [4.78, 5) is 8.65. The second-order valence-electron chi connectivity index (χ2n) is 3.22. The van der Waals surface area contributed by atoms with Gasteiger partial charge in [0.05, 0.1) is 10.2 Å². The van der Waals surface area contributed by atoms with Gasteiger partial charge in [-0.25, -0.2) is 9.97 Å². The first-order valence-corrected chi connectivity index (χ1v) is 5.07. The first-order chi connectivity index (χ1) is 6.06. The maximum absolute atomic E-state index is 4.38. The van der Waals surface area contributed by atoms with E-state index in [0.717, 1.165) is 21.8 Å². The van der Waals surface area contributed by atoms with E-state index in [4.69, 9.17) is 0 Å². The van der Waals surface area contributed by atoms with E-state index in [2.05, 4.69) is 45.1 Å². The monoisotopic (exact) mass is 243 g/mol. The Morgan fingerprint density at radius 3 is 2.38 bits per heavy atom. The molecule has 0 fully saturated rings. The minimum atomic E-state index is 0.406. The lowest BCUT2D eigenvalue weighted by molar-refractivity contribution is 0.795. The first kappa shape index (κ1) is 10.4. The van der Waals surface area contributed by atoms with Gasteiger partial charge >= 0.3 is 0 Å². The van der Waals surface area contributed by atoms with Crippen molar-refractivity contribution in [3.05, 3.63) is 16.0 Å². The number of hydrogen-bond donors (Lipinski definition) is 1. The van der Waals surface area contributed by atoms with E-state index in [1.807, 2.05) is 14.0 Å². The molecular weight excluding hydrogens is 230 g/mol. The molecule has 0 radical (unpaired) electrons. The van der Waals surface area contributed by atoms with E-state index in [0.29, 0.717) is 5.92 Å². The van der Waals surface area contributed by atoms with Crippen LogP contribution in [0, 0.1) is 6.92 Å². The topological polar surface area (TPSA) is 37.8 Å². The van der Waals surface area contributed by atoms with Crippen molar-refractivity contribution < 1.29 is 0 Å². The molecule has 72 valence electrons. The van der Waals surface area contributed by atoms with E-state index in [1.54, 1.807) is 0 Å². The first-order valence-electron chi connectivity index (χ1n) is 4.28. The van der Waals surface area contributed by atoms with Crippen molar-refractivity contribution >= 4 is 21.7 Å². The number of aromatic nitrogens is 2. The Morgan fingerprint density at radius 2 is 1.92 bits per heavy atom. The van der Waals surface area contributed by atoms with Crippen LogP contribution in [-0.4, -0.2) is 17.0 Å². The Bertz CT molecular complexity index is 310. The summed E-state index contributed by atoms with van der Waals surface area (Å²) in [7, 11) is 1.86. The van der Waals surface area contributed by atoms with Gasteiger partial charge in [-0.3, -0.25) is 0 Å². The highest BCUT2D eigenvalue weighted by molar-refractivity contribution is 9.10. The molecule has 13 heavy (non-hydrogen) atoms. The highest BCUT2D eigenvalue weighted by Crippen LogP contribution is 2.28. The Labute approximate surface area is 87.1 Å². The molecule has 1 aromatic rings. The minimum absolute atomic E-state index is 0.406. The minimum Gasteiger partial charge on any atom is -0.372 e. The highest BCUT2D eigenvalue weighted by Gasteiger charge is 2.11. The third-order valence-corrected chi connectivity index (χ3v) is 2.55. The molecule has 0 unspecified atom stereocenters. The molecule has 0 aliphatic rings. The van der Waals surface area contributed by atoms with Gasteiger partial charge in [-0.15, -0.1) is 0 Å². The fourth-order valence-corrected chi connectivity index (χ4v) is 1.96. The lowest BCUT2D eigenvalue weighted by atomic mass is 10.1. The van der Waals surface area contributed by atoms with Crippen molar-refractivity contribution in [3.8, 4) is 0 Å². The fraction of sp³-hybridized carbons (Fsp3) is 0.556. The van der Waals surface area contributed by atoms with E-state index >= 15 is 0 Å². The molecule has 0 bridgehead atoms. The maximum atomic E-state index is 4.38. The SMILES string of the molecule is CNc1nc(C)nc(C(C)C)c1Br. The van der Waals surface area contributed by atoms with Gasteiger partial charge in [0.2, 0.25) is 0 Å². The second-order valence-corrected chi connectivity index (χ2v) is 4.02. The van der Waals surface area contributed by atoms with Crippen LogP contribution in [0.25, 0.3) is 0 Å². The zero-order chi connectivity index (χ0) is 10.0. The number of hydrogen-bond acceptors (Lipinski definition) is 3. The van der Waals surface area contributed by atoms with Gasteiger partial charge in [-0.1, -0.05) is 13.8 Å². The number of aryl methyl sites for hydroxylation is 1. The zero-order valence-electron chi connectivity index (χ0n) is 8.35. The molecule has 0 saturated heterocycles. The van der Waals surface area contributed by atoms with Gasteiger partial charge in [-0.05, 0) is 28.8 Å². The molecule has 0 aliphatic carbocycles. The van der Waals surface area contributed by atoms with Gasteiger partial charge in [0.15, 0.2) is 0 Å². The Balaban J connectivity index is 3.27. The summed E-state index contributed by atoms with van der Waals surface area (Å²) in [6, 6.07) is 0. The zero-order valence-corrected chi connectivity index (χ0v) is 9.94. The van der Waals surface area contributed by atoms with Gasteiger partial charge in [0, 0.05) is 7.05 Å². The number of rotatable bonds is 2. The summed E-state index contributed by atoms with van der Waals surface area (Å²) in [6.07, 6.45) is 0. The van der Waals surface area contributed by atoms with Crippen LogP contribution in [0.2, 0.25) is 0 Å². The van der Waals surface area contributed by atoms with Crippen LogP contribution in [0.1, 0.15) is 31.3 Å². The van der Waals surface area contributed by atoms with Crippen LogP contribution in [0.5, 0.6) is 0 Å². The normalized spacial score (nSPS) is 10.6. The van der Waals surface area contributed by atoms with Crippen molar-refractivity contribution in [2.24, 2.45) is 0 Å². The number of halogens is 1. The van der Waals surface area contributed by atoms with Crippen LogP contribution in [0.15, 0.2) is 4.47 Å². The van der Waals surface area contributed by atoms with Crippen LogP contribution >= 0.6 is 15.9 Å². The van der Waals surface area contributed by atoms with E-state index in [-0.39, 0.29) is 0 Å². The van der Waals surface area contributed by atoms with E-state index < -0.39 is 0 Å². The molecule has 1 heterocycles. The molecule has 0 atom stereocenters. The standard InChI is InChI=1S/C9H14BrN3/c1-5(2)8-7(10)9(11-4)13-6(3)12-8/h5H,1-4H3,(H,11,12,13). The summed E-state index contributed by atoms with van der Waals surface area (Å²) in [6.45, 7) is 6.14. The summed E-state index contributed by atoms with van der Waals surface area (Å²) < 4.78 is 0.968. The predicted molar refractivity (Wildman–Crippen MR) is 58.1 cm³/mol. The van der Waals surface area contributed by atoms with E-state index in [9.17, 15) is 0 Å². The van der Waals surface area contributed by atoms with Crippen molar-refractivity contribution in [1.82, 2.24) is 9.97 Å². The van der Waals surface area contributed by atoms with Gasteiger partial charge in [-0.2, -0.15) is 0 Å². The summed E-state index contributed by atoms with van der Waals surface area (Å²) in [5.74, 6) is 2.07. The third-order valence-electron chi connectivity index (χ3n) is 1.77. The Hall–Kier alpha value is -0.640. The highest BCUT2D eigenvalue weighted by atomic mass is 79.9. The molecule has 1 N–H and O–H groups in total. The van der Waals surface area contributed by atoms with Crippen LogP contribution < -0.4 is 5.32 Å². The Morgan fingerprint density at radius 1 is 1.31 bits per heavy atom. The third kappa shape index (κ3) is 2.18. The average Bonchev–Trinajstić information content (AvgIpc) is 2.08. The van der Waals surface area contributed by atoms with Crippen LogP contribution in [0.4, 0.5) is 5.82 Å². The lowest BCUT2D eigenvalue weighted by Crippen LogP contribution is -2.04. The summed E-state index contributed by atoms with van der Waals surface area (Å²) in [5.41, 5.74) is 1.05. The average molecular weight is 244 g/mol. The molecular formula is C9H14BrN3. The number of anilines is 1.